The highest BCUT2D eigenvalue weighted by Gasteiger charge is 2.60. The second kappa shape index (κ2) is 7.46. The van der Waals surface area contributed by atoms with E-state index < -0.39 is 49.6 Å². The molecule has 0 radical (unpaired) electrons. The fraction of sp³-hybridized carbons (Fsp3) is 0.455. The molecule has 0 aromatic heterocycles. The van der Waals surface area contributed by atoms with Crippen LogP contribution in [0.5, 0.6) is 5.75 Å². The van der Waals surface area contributed by atoms with Crippen LogP contribution >= 0.6 is 0 Å². The van der Waals surface area contributed by atoms with Crippen LogP contribution in [0.2, 0.25) is 0 Å². The van der Waals surface area contributed by atoms with Crippen molar-refractivity contribution < 1.29 is 35.1 Å². The van der Waals surface area contributed by atoms with Crippen molar-refractivity contribution in [1.29, 1.82) is 0 Å². The second-order valence-electron chi connectivity index (χ2n) is 8.13. The van der Waals surface area contributed by atoms with Crippen molar-refractivity contribution in [3.63, 3.8) is 0 Å². The smallest absolute Gasteiger partial charge is 0.416 e. The van der Waals surface area contributed by atoms with Gasteiger partial charge in [0.2, 0.25) is 0 Å². The van der Waals surface area contributed by atoms with E-state index in [1.165, 1.54) is 0 Å². The van der Waals surface area contributed by atoms with Gasteiger partial charge in [-0.2, -0.15) is 13.2 Å². The van der Waals surface area contributed by atoms with Crippen molar-refractivity contribution in [2.75, 3.05) is 6.61 Å². The maximum absolute atomic E-state index is 15.1. The number of halogens is 5. The van der Waals surface area contributed by atoms with Gasteiger partial charge in [-0.15, -0.1) is 0 Å². The molecule has 4 rings (SSSR count). The van der Waals surface area contributed by atoms with E-state index in [0.717, 1.165) is 24.3 Å². The van der Waals surface area contributed by atoms with Crippen LogP contribution in [0.1, 0.15) is 43.7 Å². The van der Waals surface area contributed by atoms with Crippen molar-refractivity contribution in [1.82, 2.24) is 0 Å². The Hall–Kier alpha value is -2.16. The molecular weight excluding hydrogens is 439 g/mol. The molecule has 0 amide bonds. The zero-order valence-electron chi connectivity index (χ0n) is 16.7. The normalized spacial score (nSPS) is 26.0. The predicted molar refractivity (Wildman–Crippen MR) is 103 cm³/mol. The first-order chi connectivity index (χ1) is 14.5. The number of benzene rings is 2. The molecule has 0 spiro atoms. The zero-order chi connectivity index (χ0) is 22.6. The van der Waals surface area contributed by atoms with Crippen molar-refractivity contribution in [3.05, 3.63) is 59.2 Å². The number of rotatable bonds is 3. The summed E-state index contributed by atoms with van der Waals surface area (Å²) in [6.45, 7) is 1.79. The van der Waals surface area contributed by atoms with E-state index in [2.05, 4.69) is 0 Å². The topological polar surface area (TPSA) is 43.4 Å². The highest BCUT2D eigenvalue weighted by molar-refractivity contribution is 7.92. The lowest BCUT2D eigenvalue weighted by molar-refractivity contribution is -0.137. The molecule has 1 saturated carbocycles. The average Bonchev–Trinajstić information content (AvgIpc) is 2.74. The minimum atomic E-state index is -4.62. The monoisotopic (exact) mass is 460 g/mol. The molecule has 0 saturated heterocycles. The van der Waals surface area contributed by atoms with Crippen LogP contribution in [0.4, 0.5) is 22.0 Å². The lowest BCUT2D eigenvalue weighted by Gasteiger charge is -2.50. The molecule has 2 aromatic carbocycles. The van der Waals surface area contributed by atoms with E-state index in [1.807, 2.05) is 6.92 Å². The molecule has 2 aromatic rings. The van der Waals surface area contributed by atoms with Gasteiger partial charge in [-0.3, -0.25) is 0 Å². The molecular formula is C22H21F5O3S. The Bertz CT molecular complexity index is 1100. The summed E-state index contributed by atoms with van der Waals surface area (Å²) in [5.74, 6) is -2.96. The average molecular weight is 460 g/mol. The highest BCUT2D eigenvalue weighted by atomic mass is 32.2. The summed E-state index contributed by atoms with van der Waals surface area (Å²) in [7, 11) is -4.40. The first kappa shape index (κ1) is 22.0. The van der Waals surface area contributed by atoms with E-state index >= 15 is 4.39 Å². The zero-order valence-corrected chi connectivity index (χ0v) is 17.5. The van der Waals surface area contributed by atoms with Gasteiger partial charge in [0.1, 0.15) is 10.6 Å². The quantitative estimate of drug-likeness (QED) is 0.538. The molecule has 0 N–H and O–H groups in total. The summed E-state index contributed by atoms with van der Waals surface area (Å²) in [4.78, 5) is -0.348. The van der Waals surface area contributed by atoms with Gasteiger partial charge in [0, 0.05) is 5.92 Å². The van der Waals surface area contributed by atoms with Crippen LogP contribution in [0.3, 0.4) is 0 Å². The van der Waals surface area contributed by atoms with Gasteiger partial charge in [0.15, 0.2) is 21.4 Å². The molecule has 168 valence electrons. The number of hydrogen-bond acceptors (Lipinski definition) is 3. The van der Waals surface area contributed by atoms with Crippen molar-refractivity contribution in [2.45, 2.75) is 48.4 Å². The third-order valence-electron chi connectivity index (χ3n) is 6.68. The summed E-state index contributed by atoms with van der Waals surface area (Å²) in [5.41, 5.74) is -1.33. The number of hydrogen-bond donors (Lipinski definition) is 0. The van der Waals surface area contributed by atoms with E-state index in [-0.39, 0.29) is 29.4 Å². The van der Waals surface area contributed by atoms with Crippen LogP contribution in [-0.4, -0.2) is 15.0 Å². The maximum atomic E-state index is 15.1. The van der Waals surface area contributed by atoms with Gasteiger partial charge in [-0.05, 0) is 55.2 Å². The Labute approximate surface area is 177 Å². The van der Waals surface area contributed by atoms with Gasteiger partial charge >= 0.3 is 6.18 Å². The largest absolute Gasteiger partial charge is 0.490 e. The minimum Gasteiger partial charge on any atom is -0.490 e. The van der Waals surface area contributed by atoms with Gasteiger partial charge < -0.3 is 4.74 Å². The van der Waals surface area contributed by atoms with Crippen LogP contribution in [-0.2, 0) is 20.8 Å². The van der Waals surface area contributed by atoms with Crippen LogP contribution in [0.15, 0.2) is 41.3 Å². The third kappa shape index (κ3) is 3.23. The summed E-state index contributed by atoms with van der Waals surface area (Å²) in [6.07, 6.45) is -2.80. The first-order valence-electron chi connectivity index (χ1n) is 10.1. The van der Waals surface area contributed by atoms with Gasteiger partial charge in [-0.25, -0.2) is 17.2 Å². The molecule has 0 unspecified atom stereocenters. The number of fused-ring (bicyclic) bond motifs is 3. The summed E-state index contributed by atoms with van der Waals surface area (Å²) in [5, 5.41) is 0. The Morgan fingerprint density at radius 2 is 1.71 bits per heavy atom. The Morgan fingerprint density at radius 1 is 1.06 bits per heavy atom. The molecule has 3 nitrogen and oxygen atoms in total. The summed E-state index contributed by atoms with van der Waals surface area (Å²) in [6, 6.07) is 4.94. The van der Waals surface area contributed by atoms with Crippen LogP contribution < -0.4 is 4.74 Å². The van der Waals surface area contributed by atoms with E-state index in [4.69, 9.17) is 4.74 Å². The Kier molecular flexibility index (Phi) is 5.31. The lowest BCUT2D eigenvalue weighted by atomic mass is 9.66. The maximum Gasteiger partial charge on any atom is 0.416 e. The van der Waals surface area contributed by atoms with Gasteiger partial charge in [-0.1, -0.05) is 19.8 Å². The minimum absolute atomic E-state index is 0.0360. The Morgan fingerprint density at radius 3 is 2.32 bits per heavy atom. The summed E-state index contributed by atoms with van der Waals surface area (Å²) >= 11 is 0. The molecule has 9 heteroatoms. The van der Waals surface area contributed by atoms with Crippen molar-refractivity contribution in [3.8, 4) is 5.75 Å². The van der Waals surface area contributed by atoms with Gasteiger partial charge in [0.25, 0.3) is 0 Å². The molecule has 1 aliphatic heterocycles. The third-order valence-corrected chi connectivity index (χ3v) is 9.24. The lowest BCUT2D eigenvalue weighted by Crippen LogP contribution is -2.54. The second-order valence-corrected chi connectivity index (χ2v) is 10.3. The molecule has 1 heterocycles. The van der Waals surface area contributed by atoms with E-state index in [9.17, 15) is 26.0 Å². The summed E-state index contributed by atoms with van der Waals surface area (Å²) < 4.78 is 100. The van der Waals surface area contributed by atoms with Crippen LogP contribution in [0, 0.1) is 23.5 Å². The fourth-order valence-corrected chi connectivity index (χ4v) is 7.65. The number of sulfone groups is 1. The molecule has 3 atom stereocenters. The van der Waals surface area contributed by atoms with E-state index in [1.54, 1.807) is 0 Å². The molecule has 0 bridgehead atoms. The standard InChI is InChI=1S/C22H21F5O3S/c1-2-13-4-3-11-21(16(13)12-30-20-18(24)10-9-17(23)19(20)21)31(28,29)15-7-5-14(6-8-15)22(25,26)27/h5-10,13,16H,2-4,11-12H2,1H3/t13-,16+,21+/m1/s1. The molecule has 31 heavy (non-hydrogen) atoms. The first-order valence-corrected chi connectivity index (χ1v) is 11.6. The molecule has 2 aliphatic rings. The number of ether oxygens (including phenoxy) is 1. The van der Waals surface area contributed by atoms with Crippen molar-refractivity contribution >= 4 is 9.84 Å². The van der Waals surface area contributed by atoms with E-state index in [0.29, 0.717) is 31.4 Å². The van der Waals surface area contributed by atoms with Gasteiger partial charge in [0.05, 0.1) is 22.6 Å². The highest BCUT2D eigenvalue weighted by Crippen LogP contribution is 2.58. The predicted octanol–water partition coefficient (Wildman–Crippen LogP) is 5.87. The fourth-order valence-electron chi connectivity index (χ4n) is 5.21. The SMILES string of the molecule is CC[C@@H]1CCC[C@@]2(S(=O)(=O)c3ccc(C(F)(F)F)cc3)c3c(F)ccc(F)c3OC[C@@H]12. The number of alkyl halides is 3. The Balaban J connectivity index is 1.97. The molecule has 1 fully saturated rings. The van der Waals surface area contributed by atoms with Crippen molar-refractivity contribution in [2.24, 2.45) is 11.8 Å². The molecule has 1 aliphatic carbocycles. The van der Waals surface area contributed by atoms with Crippen LogP contribution in [0.25, 0.3) is 0 Å².